The average Bonchev–Trinajstić information content (AvgIpc) is 3.32. The number of aromatic nitrogens is 4. The minimum atomic E-state index is -1.25. The van der Waals surface area contributed by atoms with Crippen molar-refractivity contribution in [1.29, 1.82) is 0 Å². The first-order chi connectivity index (χ1) is 16.5. The Kier molecular flexibility index (Phi) is 6.79. The van der Waals surface area contributed by atoms with E-state index >= 15 is 0 Å². The number of rotatable bonds is 6. The first-order valence-electron chi connectivity index (χ1n) is 10.6. The molecule has 2 aliphatic rings. The van der Waals surface area contributed by atoms with E-state index in [-0.39, 0.29) is 18.1 Å². The van der Waals surface area contributed by atoms with Gasteiger partial charge in [0.1, 0.15) is 16.6 Å². The van der Waals surface area contributed by atoms with Crippen LogP contribution in [0.3, 0.4) is 0 Å². The van der Waals surface area contributed by atoms with Crippen molar-refractivity contribution in [2.75, 3.05) is 5.75 Å². The van der Waals surface area contributed by atoms with Gasteiger partial charge in [0, 0.05) is 18.4 Å². The molecule has 1 unspecified atom stereocenters. The number of esters is 1. The second-order valence-corrected chi connectivity index (χ2v) is 9.10. The van der Waals surface area contributed by atoms with Crippen molar-refractivity contribution in [3.8, 4) is 0 Å². The van der Waals surface area contributed by atoms with E-state index in [0.29, 0.717) is 17.2 Å². The molecule has 0 saturated carbocycles. The van der Waals surface area contributed by atoms with Gasteiger partial charge >= 0.3 is 5.97 Å². The van der Waals surface area contributed by atoms with Gasteiger partial charge < -0.3 is 10.5 Å². The quantitative estimate of drug-likeness (QED) is 0.305. The highest BCUT2D eigenvalue weighted by molar-refractivity contribution is 8.00. The van der Waals surface area contributed by atoms with Gasteiger partial charge in [-0.3, -0.25) is 9.69 Å². The monoisotopic (exact) mass is 510 g/mol. The molecule has 3 aromatic rings. The van der Waals surface area contributed by atoms with E-state index in [1.54, 1.807) is 7.05 Å². The summed E-state index contributed by atoms with van der Waals surface area (Å²) in [5.74, 6) is -0.313. The van der Waals surface area contributed by atoms with E-state index in [0.717, 1.165) is 11.1 Å². The van der Waals surface area contributed by atoms with Crippen molar-refractivity contribution < 1.29 is 14.3 Å². The first-order valence-corrected chi connectivity index (χ1v) is 11.6. The normalized spacial score (nSPS) is 21.2. The highest BCUT2D eigenvalue weighted by atomic mass is 35.5. The van der Waals surface area contributed by atoms with Crippen molar-refractivity contribution in [3.05, 3.63) is 96.0 Å². The minimum Gasteiger partial charge on any atom is -0.448 e. The third kappa shape index (κ3) is 4.03. The van der Waals surface area contributed by atoms with Gasteiger partial charge in [0.05, 0.1) is 0 Å². The first kappa shape index (κ1) is 24.6. The van der Waals surface area contributed by atoms with E-state index < -0.39 is 28.9 Å². The fourth-order valence-corrected chi connectivity index (χ4v) is 5.60. The lowest BCUT2D eigenvalue weighted by Gasteiger charge is -2.54. The van der Waals surface area contributed by atoms with Crippen LogP contribution in [-0.4, -0.2) is 53.6 Å². The molecule has 2 N–H and O–H groups in total. The molecule has 2 atom stereocenters. The Balaban J connectivity index is 0.00000289. The molecule has 5 rings (SSSR count). The minimum absolute atomic E-state index is 0. The van der Waals surface area contributed by atoms with Crippen LogP contribution >= 0.6 is 24.2 Å². The highest BCUT2D eigenvalue weighted by Gasteiger charge is 2.61. The number of amides is 1. The maximum atomic E-state index is 13.8. The molecule has 180 valence electrons. The van der Waals surface area contributed by atoms with Crippen molar-refractivity contribution in [1.82, 2.24) is 25.1 Å². The number of carbonyl (C=O) groups is 2. The number of nitrogens with two attached hydrogens (primary N) is 1. The summed E-state index contributed by atoms with van der Waals surface area (Å²) in [6.45, 7) is 3.72. The molecule has 0 aliphatic carbocycles. The lowest BCUT2D eigenvalue weighted by molar-refractivity contribution is -0.155. The van der Waals surface area contributed by atoms with Crippen molar-refractivity contribution in [2.24, 2.45) is 12.8 Å². The van der Waals surface area contributed by atoms with Gasteiger partial charge in [-0.05, 0) is 21.6 Å². The van der Waals surface area contributed by atoms with Crippen LogP contribution in [0.2, 0.25) is 0 Å². The number of aryl methyl sites for hydroxylation is 1. The summed E-state index contributed by atoms with van der Waals surface area (Å²) in [5.41, 5.74) is 7.27. The third-order valence-electron chi connectivity index (χ3n) is 6.00. The van der Waals surface area contributed by atoms with Crippen LogP contribution in [0.1, 0.15) is 23.1 Å². The maximum Gasteiger partial charge on any atom is 0.356 e. The summed E-state index contributed by atoms with van der Waals surface area (Å²) in [6, 6.07) is 18.9. The van der Waals surface area contributed by atoms with Gasteiger partial charge in [-0.1, -0.05) is 66.7 Å². The number of benzene rings is 2. The van der Waals surface area contributed by atoms with Crippen LogP contribution < -0.4 is 5.73 Å². The predicted octanol–water partition coefficient (Wildman–Crippen LogP) is 2.47. The van der Waals surface area contributed by atoms with Crippen LogP contribution in [0.25, 0.3) is 5.57 Å². The average molecular weight is 511 g/mol. The van der Waals surface area contributed by atoms with Gasteiger partial charge in [0.25, 0.3) is 5.91 Å². The molecule has 1 fully saturated rings. The lowest BCUT2D eigenvalue weighted by Crippen LogP contribution is -2.77. The van der Waals surface area contributed by atoms with E-state index in [2.05, 4.69) is 22.1 Å². The molecule has 3 heterocycles. The lowest BCUT2D eigenvalue weighted by atomic mass is 9.87. The van der Waals surface area contributed by atoms with Crippen LogP contribution in [0.5, 0.6) is 0 Å². The summed E-state index contributed by atoms with van der Waals surface area (Å²) < 4.78 is 7.55. The van der Waals surface area contributed by atoms with Crippen LogP contribution in [0.4, 0.5) is 0 Å². The van der Waals surface area contributed by atoms with Gasteiger partial charge in [0.15, 0.2) is 11.9 Å². The predicted molar refractivity (Wildman–Crippen MR) is 134 cm³/mol. The number of fused-ring (bicyclic) bond motifs is 1. The van der Waals surface area contributed by atoms with E-state index in [4.69, 9.17) is 10.5 Å². The van der Waals surface area contributed by atoms with E-state index in [9.17, 15) is 9.59 Å². The number of hydrogen-bond acceptors (Lipinski definition) is 8. The van der Waals surface area contributed by atoms with Crippen molar-refractivity contribution in [2.45, 2.75) is 17.0 Å². The third-order valence-corrected chi connectivity index (χ3v) is 7.37. The number of nitrogens with zero attached hydrogens (tertiary/aromatic N) is 5. The second-order valence-electron chi connectivity index (χ2n) is 8.04. The number of ether oxygens (including phenoxy) is 1. The summed E-state index contributed by atoms with van der Waals surface area (Å²) >= 11 is 1.43. The van der Waals surface area contributed by atoms with Gasteiger partial charge in [-0.2, -0.15) is 0 Å². The molecule has 0 spiro atoms. The van der Waals surface area contributed by atoms with Crippen LogP contribution in [0.15, 0.2) is 79.0 Å². The van der Waals surface area contributed by atoms with Crippen molar-refractivity contribution >= 4 is 41.6 Å². The summed E-state index contributed by atoms with van der Waals surface area (Å²) in [6.07, 6.45) is 0.755. The van der Waals surface area contributed by atoms with Crippen LogP contribution in [0, 0.1) is 0 Å². The zero-order chi connectivity index (χ0) is 23.9. The molecule has 0 radical (unpaired) electrons. The molecule has 11 heteroatoms. The van der Waals surface area contributed by atoms with E-state index in [1.165, 1.54) is 27.4 Å². The molecule has 1 saturated heterocycles. The number of hydrogen-bond donors (Lipinski definition) is 1. The number of carbonyl (C=O) groups excluding carboxylic acids is 2. The number of halogens is 1. The Bertz CT molecular complexity index is 1260. The highest BCUT2D eigenvalue weighted by Crippen LogP contribution is 2.47. The molecular weight excluding hydrogens is 488 g/mol. The molecule has 9 nitrogen and oxygen atoms in total. The topological polar surface area (TPSA) is 116 Å². The number of thioether (sulfide) groups is 1. The largest absolute Gasteiger partial charge is 0.448 e. The van der Waals surface area contributed by atoms with Crippen molar-refractivity contribution in [3.63, 3.8) is 0 Å². The smallest absolute Gasteiger partial charge is 0.356 e. The second kappa shape index (κ2) is 9.65. The Hall–Kier alpha value is -3.47. The maximum absolute atomic E-state index is 13.8. The van der Waals surface area contributed by atoms with E-state index in [1.807, 2.05) is 60.7 Å². The van der Waals surface area contributed by atoms with Gasteiger partial charge in [0.2, 0.25) is 0 Å². The summed E-state index contributed by atoms with van der Waals surface area (Å²) in [4.78, 5) is 28.3. The standard InChI is InChI=1S/C24H22N6O3S.ClH/c1-3-24(25)22(32)30-18(17(14-34-23(24)30)20-26-27-28-29(20)2)21(31)33-19(15-10-6-4-7-11-15)16-12-8-5-9-13-16;/h3-13,19,23H,1,14,25H2,2H3;1H/t23-,24?;/m0./s1. The Morgan fingerprint density at radius 1 is 1.20 bits per heavy atom. The van der Waals surface area contributed by atoms with Gasteiger partial charge in [-0.25, -0.2) is 9.48 Å². The molecule has 35 heavy (non-hydrogen) atoms. The molecule has 1 amide bonds. The summed E-state index contributed by atoms with van der Waals surface area (Å²) in [7, 11) is 1.67. The fraction of sp³-hybridized carbons (Fsp3) is 0.208. The molecule has 0 bridgehead atoms. The molecular formula is C24H23ClN6O3S. The van der Waals surface area contributed by atoms with Gasteiger partial charge in [-0.15, -0.1) is 35.8 Å². The SMILES string of the molecule is C=CC1(N)C(=O)N2C(C(=O)OC(c3ccccc3)c3ccccc3)=C(c3nnnn3C)CS[C@H]21.Cl. The Labute approximate surface area is 212 Å². The Morgan fingerprint density at radius 2 is 1.80 bits per heavy atom. The summed E-state index contributed by atoms with van der Waals surface area (Å²) in [5, 5.41) is 11.2. The zero-order valence-electron chi connectivity index (χ0n) is 18.8. The molecule has 2 aliphatic heterocycles. The molecule has 1 aromatic heterocycles. The fourth-order valence-electron chi connectivity index (χ4n) is 4.19. The Morgan fingerprint density at radius 3 is 2.31 bits per heavy atom. The van der Waals surface area contributed by atoms with Crippen LogP contribution in [-0.2, 0) is 21.4 Å². The zero-order valence-corrected chi connectivity index (χ0v) is 20.4. The number of β-lactam (4-membered cyclic amide) rings is 1. The molecule has 2 aromatic carbocycles. The number of tetrazole rings is 1.